The van der Waals surface area contributed by atoms with Crippen molar-refractivity contribution < 1.29 is 8.42 Å². The number of halogens is 1. The number of benzene rings is 1. The predicted octanol–water partition coefficient (Wildman–Crippen LogP) is 3.68. The van der Waals surface area contributed by atoms with Crippen molar-refractivity contribution in [2.45, 2.75) is 11.9 Å². The van der Waals surface area contributed by atoms with Crippen molar-refractivity contribution >= 4 is 31.3 Å². The van der Waals surface area contributed by atoms with Gasteiger partial charge >= 0.3 is 0 Å². The number of nitrogens with zero attached hydrogens (tertiary/aromatic N) is 1. The zero-order valence-corrected chi connectivity index (χ0v) is 12.6. The van der Waals surface area contributed by atoms with Gasteiger partial charge in [0.05, 0.1) is 0 Å². The molecule has 2 aromatic rings. The molecule has 0 aliphatic carbocycles. The minimum atomic E-state index is -3.52. The van der Waals surface area contributed by atoms with Crippen molar-refractivity contribution in [2.75, 3.05) is 0 Å². The van der Waals surface area contributed by atoms with Crippen molar-refractivity contribution in [1.82, 2.24) is 4.98 Å². The van der Waals surface area contributed by atoms with E-state index in [1.807, 2.05) is 24.3 Å². The van der Waals surface area contributed by atoms with Crippen LogP contribution in [0, 0.1) is 0 Å². The number of aromatic nitrogens is 1. The van der Waals surface area contributed by atoms with Gasteiger partial charge in [0.1, 0.15) is 0 Å². The number of hydrogen-bond acceptors (Lipinski definition) is 3. The normalized spacial score (nSPS) is 12.4. The molecule has 0 amide bonds. The van der Waals surface area contributed by atoms with E-state index in [0.717, 1.165) is 10.0 Å². The van der Waals surface area contributed by atoms with Gasteiger partial charge in [-0.15, -0.1) is 0 Å². The average Bonchev–Trinajstić information content (AvgIpc) is 2.39. The molecule has 0 aliphatic heterocycles. The Hall–Kier alpha value is -1.46. The van der Waals surface area contributed by atoms with E-state index in [9.17, 15) is 8.42 Å². The van der Waals surface area contributed by atoms with Crippen molar-refractivity contribution in [3.63, 3.8) is 0 Å². The largest absolute Gasteiger partial charge is 0.244 e. The first kappa shape index (κ1) is 14.0. The summed E-state index contributed by atoms with van der Waals surface area (Å²) in [6, 6.07) is 12.3. The summed E-state index contributed by atoms with van der Waals surface area (Å²) >= 11 is 3.41. The number of pyridine rings is 1. The van der Waals surface area contributed by atoms with Crippen molar-refractivity contribution in [3.8, 4) is 0 Å². The first-order chi connectivity index (χ1) is 9.00. The summed E-state index contributed by atoms with van der Waals surface area (Å²) < 4.78 is 25.2. The second-order valence-corrected chi connectivity index (χ2v) is 6.59. The van der Waals surface area contributed by atoms with Crippen LogP contribution < -0.4 is 0 Å². The second-order valence-electron chi connectivity index (χ2n) is 3.99. The van der Waals surface area contributed by atoms with E-state index in [4.69, 9.17) is 0 Å². The Morgan fingerprint density at radius 2 is 1.84 bits per heavy atom. The highest BCUT2D eigenvalue weighted by Crippen LogP contribution is 2.25. The molecule has 0 atom stereocenters. The SMILES string of the molecule is C/C(=C\S(=O)(=O)c1ccccn1)c1ccccc1Br. The molecule has 0 spiro atoms. The van der Waals surface area contributed by atoms with Crippen LogP contribution in [0.4, 0.5) is 0 Å². The van der Waals surface area contributed by atoms with Crippen molar-refractivity contribution in [3.05, 3.63) is 64.1 Å². The van der Waals surface area contributed by atoms with E-state index < -0.39 is 9.84 Å². The molecule has 0 N–H and O–H groups in total. The number of sulfone groups is 1. The lowest BCUT2D eigenvalue weighted by Gasteiger charge is -2.05. The fraction of sp³-hybridized carbons (Fsp3) is 0.0714. The second kappa shape index (κ2) is 5.67. The fourth-order valence-corrected chi connectivity index (χ4v) is 3.44. The van der Waals surface area contributed by atoms with E-state index in [-0.39, 0.29) is 5.03 Å². The maximum Gasteiger partial charge on any atom is 0.217 e. The molecule has 0 saturated carbocycles. The van der Waals surface area contributed by atoms with Gasteiger partial charge in [0.25, 0.3) is 0 Å². The van der Waals surface area contributed by atoms with Gasteiger partial charge in [0.15, 0.2) is 5.03 Å². The van der Waals surface area contributed by atoms with E-state index in [0.29, 0.717) is 5.57 Å². The van der Waals surface area contributed by atoms with E-state index in [1.165, 1.54) is 17.7 Å². The molecule has 5 heteroatoms. The highest BCUT2D eigenvalue weighted by Gasteiger charge is 2.13. The molecule has 0 unspecified atom stereocenters. The minimum absolute atomic E-state index is 0.0569. The van der Waals surface area contributed by atoms with E-state index >= 15 is 0 Å². The molecule has 0 saturated heterocycles. The van der Waals surface area contributed by atoms with Crippen LogP contribution in [0.15, 0.2) is 63.6 Å². The lowest BCUT2D eigenvalue weighted by Crippen LogP contribution is -2.00. The third-order valence-corrected chi connectivity index (χ3v) is 4.74. The Kier molecular flexibility index (Phi) is 4.17. The Labute approximate surface area is 121 Å². The summed E-state index contributed by atoms with van der Waals surface area (Å²) in [5.74, 6) is 0. The van der Waals surface area contributed by atoms with Gasteiger partial charge in [-0.1, -0.05) is 40.2 Å². The predicted molar refractivity (Wildman–Crippen MR) is 79.2 cm³/mol. The lowest BCUT2D eigenvalue weighted by molar-refractivity contribution is 0.601. The van der Waals surface area contributed by atoms with Gasteiger partial charge in [-0.2, -0.15) is 0 Å². The van der Waals surface area contributed by atoms with E-state index in [2.05, 4.69) is 20.9 Å². The Morgan fingerprint density at radius 3 is 2.47 bits per heavy atom. The first-order valence-electron chi connectivity index (χ1n) is 5.60. The topological polar surface area (TPSA) is 47.0 Å². The molecule has 98 valence electrons. The van der Waals surface area contributed by atoms with Gasteiger partial charge in [-0.05, 0) is 36.3 Å². The summed E-state index contributed by atoms with van der Waals surface area (Å²) in [6.45, 7) is 1.76. The van der Waals surface area contributed by atoms with Crippen molar-refractivity contribution in [2.24, 2.45) is 0 Å². The molecule has 3 nitrogen and oxygen atoms in total. The van der Waals surface area contributed by atoms with Crippen LogP contribution in [0.5, 0.6) is 0 Å². The summed E-state index contributed by atoms with van der Waals surface area (Å²) in [5, 5.41) is 1.30. The van der Waals surface area contributed by atoms with Crippen LogP contribution in [0.25, 0.3) is 5.57 Å². The fourth-order valence-electron chi connectivity index (χ4n) is 1.65. The maximum atomic E-state index is 12.2. The average molecular weight is 338 g/mol. The number of rotatable bonds is 3. The highest BCUT2D eigenvalue weighted by atomic mass is 79.9. The quantitative estimate of drug-likeness (QED) is 0.858. The Bertz CT molecular complexity index is 709. The smallest absolute Gasteiger partial charge is 0.217 e. The van der Waals surface area contributed by atoms with Gasteiger partial charge in [0.2, 0.25) is 9.84 Å². The Morgan fingerprint density at radius 1 is 1.16 bits per heavy atom. The standard InChI is InChI=1S/C14H12BrNO2S/c1-11(12-6-2-3-7-13(12)15)10-19(17,18)14-8-4-5-9-16-14/h2-10H,1H3/b11-10+. The summed E-state index contributed by atoms with van der Waals surface area (Å²) in [5.41, 5.74) is 1.51. The summed E-state index contributed by atoms with van der Waals surface area (Å²) in [6.07, 6.45) is 1.47. The first-order valence-corrected chi connectivity index (χ1v) is 7.94. The van der Waals surface area contributed by atoms with Crippen molar-refractivity contribution in [1.29, 1.82) is 0 Å². The lowest BCUT2D eigenvalue weighted by atomic mass is 10.1. The third-order valence-electron chi connectivity index (χ3n) is 2.56. The van der Waals surface area contributed by atoms with Crippen LogP contribution in [0.2, 0.25) is 0 Å². The van der Waals surface area contributed by atoms with Crippen LogP contribution >= 0.6 is 15.9 Å². The summed E-state index contributed by atoms with van der Waals surface area (Å²) in [7, 11) is -3.52. The van der Waals surface area contributed by atoms with Crippen LogP contribution in [-0.4, -0.2) is 13.4 Å². The van der Waals surface area contributed by atoms with Gasteiger partial charge in [-0.25, -0.2) is 13.4 Å². The van der Waals surface area contributed by atoms with Gasteiger partial charge in [0, 0.05) is 16.1 Å². The molecule has 19 heavy (non-hydrogen) atoms. The Balaban J connectivity index is 2.45. The molecule has 2 rings (SSSR count). The van der Waals surface area contributed by atoms with Crippen LogP contribution in [0.1, 0.15) is 12.5 Å². The number of hydrogen-bond donors (Lipinski definition) is 0. The molecule has 0 radical (unpaired) electrons. The minimum Gasteiger partial charge on any atom is -0.244 e. The highest BCUT2D eigenvalue weighted by molar-refractivity contribution is 9.10. The molecular formula is C14H12BrNO2S. The number of allylic oxidation sites excluding steroid dienone is 1. The van der Waals surface area contributed by atoms with Gasteiger partial charge in [-0.3, -0.25) is 0 Å². The molecule has 0 bridgehead atoms. The van der Waals surface area contributed by atoms with Gasteiger partial charge < -0.3 is 0 Å². The molecule has 0 fully saturated rings. The molecule has 1 aromatic heterocycles. The van der Waals surface area contributed by atoms with Crippen LogP contribution in [0.3, 0.4) is 0 Å². The summed E-state index contributed by atoms with van der Waals surface area (Å²) in [4.78, 5) is 3.88. The molecule has 1 aromatic carbocycles. The van der Waals surface area contributed by atoms with E-state index in [1.54, 1.807) is 19.1 Å². The maximum absolute atomic E-state index is 12.2. The van der Waals surface area contributed by atoms with Crippen LogP contribution in [-0.2, 0) is 9.84 Å². The molecule has 1 heterocycles. The zero-order chi connectivity index (χ0) is 13.9. The third kappa shape index (κ3) is 3.30. The molecular weight excluding hydrogens is 326 g/mol. The molecule has 0 aliphatic rings. The monoisotopic (exact) mass is 337 g/mol. The zero-order valence-electron chi connectivity index (χ0n) is 10.2.